The molecule has 1 N–H and O–H groups in total. The highest BCUT2D eigenvalue weighted by molar-refractivity contribution is 7.99. The minimum atomic E-state index is -0.277. The summed E-state index contributed by atoms with van der Waals surface area (Å²) >= 11 is 13.9. The molecule has 0 fully saturated rings. The molecule has 2 heterocycles. The normalized spacial score (nSPS) is 11.2. The van der Waals surface area contributed by atoms with Gasteiger partial charge in [-0.25, -0.2) is 20.1 Å². The van der Waals surface area contributed by atoms with Crippen LogP contribution in [0.5, 0.6) is 0 Å². The summed E-state index contributed by atoms with van der Waals surface area (Å²) < 4.78 is 1.54. The number of halogens is 2. The lowest BCUT2D eigenvalue weighted by Gasteiger charge is -2.05. The summed E-state index contributed by atoms with van der Waals surface area (Å²) in [6, 6.07) is 9.13. The Morgan fingerprint density at radius 1 is 1.21 bits per heavy atom. The Labute approximate surface area is 182 Å². The fourth-order valence-electron chi connectivity index (χ4n) is 2.53. The van der Waals surface area contributed by atoms with Gasteiger partial charge in [0.05, 0.1) is 33.9 Å². The molecule has 7 nitrogen and oxygen atoms in total. The minimum Gasteiger partial charge on any atom is -0.272 e. The number of rotatable bonds is 6. The van der Waals surface area contributed by atoms with Gasteiger partial charge < -0.3 is 0 Å². The molecule has 0 saturated carbocycles. The van der Waals surface area contributed by atoms with Gasteiger partial charge in [0.1, 0.15) is 5.15 Å². The molecule has 0 atom stereocenters. The second-order valence-electron chi connectivity index (χ2n) is 6.17. The topological polar surface area (TPSA) is 85.1 Å². The van der Waals surface area contributed by atoms with Crippen LogP contribution in [0.1, 0.15) is 22.6 Å². The van der Waals surface area contributed by atoms with Gasteiger partial charge in [-0.2, -0.15) is 10.2 Å². The van der Waals surface area contributed by atoms with Crippen molar-refractivity contribution in [2.45, 2.75) is 25.9 Å². The van der Waals surface area contributed by atoms with Gasteiger partial charge in [0.15, 0.2) is 5.16 Å². The average Bonchev–Trinajstić information content (AvgIpc) is 2.94. The lowest BCUT2D eigenvalue weighted by atomic mass is 10.3. The van der Waals surface area contributed by atoms with Crippen molar-refractivity contribution in [2.24, 2.45) is 5.10 Å². The quantitative estimate of drug-likeness (QED) is 0.265. The monoisotopic (exact) mass is 448 g/mol. The Balaban J connectivity index is 1.64. The first-order chi connectivity index (χ1) is 13.8. The van der Waals surface area contributed by atoms with E-state index in [1.54, 1.807) is 13.0 Å². The molecule has 150 valence electrons. The molecular weight excluding hydrogens is 431 g/mol. The lowest BCUT2D eigenvalue weighted by Crippen LogP contribution is -2.20. The van der Waals surface area contributed by atoms with Crippen LogP contribution < -0.4 is 5.43 Å². The van der Waals surface area contributed by atoms with Crippen LogP contribution in [0.3, 0.4) is 0 Å². The number of carbonyl (C=O) groups is 1. The molecule has 0 aliphatic carbocycles. The molecular formula is C19H18Cl2N6OS. The SMILES string of the molecule is Cc1cc(C)nc(SCC(=O)N/N=C/c2c(C)nn(-c3ccccc3Cl)c2Cl)n1. The molecule has 3 aromatic rings. The summed E-state index contributed by atoms with van der Waals surface area (Å²) in [6.07, 6.45) is 1.47. The Hall–Kier alpha value is -2.42. The summed E-state index contributed by atoms with van der Waals surface area (Å²) in [7, 11) is 0. The van der Waals surface area contributed by atoms with Gasteiger partial charge in [0.25, 0.3) is 5.91 Å². The molecule has 0 aliphatic rings. The van der Waals surface area contributed by atoms with Crippen molar-refractivity contribution in [2.75, 3.05) is 5.75 Å². The van der Waals surface area contributed by atoms with Crippen LogP contribution in [0.2, 0.25) is 10.2 Å². The fraction of sp³-hybridized carbons (Fsp3) is 0.211. The van der Waals surface area contributed by atoms with Gasteiger partial charge >= 0.3 is 0 Å². The van der Waals surface area contributed by atoms with E-state index in [-0.39, 0.29) is 11.7 Å². The van der Waals surface area contributed by atoms with Gasteiger partial charge in [0, 0.05) is 11.4 Å². The highest BCUT2D eigenvalue weighted by Crippen LogP contribution is 2.26. The predicted octanol–water partition coefficient (Wildman–Crippen LogP) is 4.14. The van der Waals surface area contributed by atoms with E-state index < -0.39 is 0 Å². The number of benzene rings is 1. The number of aromatic nitrogens is 4. The van der Waals surface area contributed by atoms with Crippen molar-refractivity contribution < 1.29 is 4.79 Å². The van der Waals surface area contributed by atoms with E-state index in [4.69, 9.17) is 23.2 Å². The number of amides is 1. The van der Waals surface area contributed by atoms with Crippen LogP contribution in [0.25, 0.3) is 5.69 Å². The second kappa shape index (κ2) is 9.39. The number of hydrogen-bond donors (Lipinski definition) is 1. The molecule has 1 amide bonds. The zero-order valence-electron chi connectivity index (χ0n) is 16.0. The molecule has 0 bridgehead atoms. The van der Waals surface area contributed by atoms with Gasteiger partial charge in [0.2, 0.25) is 0 Å². The Kier molecular flexibility index (Phi) is 6.89. The Morgan fingerprint density at radius 3 is 2.59 bits per heavy atom. The van der Waals surface area contributed by atoms with Crippen LogP contribution in [0, 0.1) is 20.8 Å². The maximum atomic E-state index is 12.0. The van der Waals surface area contributed by atoms with Crippen LogP contribution >= 0.6 is 35.0 Å². The summed E-state index contributed by atoms with van der Waals surface area (Å²) in [5.41, 5.74) is 6.11. The third kappa shape index (κ3) is 5.35. The molecule has 0 unspecified atom stereocenters. The van der Waals surface area contributed by atoms with E-state index >= 15 is 0 Å². The highest BCUT2D eigenvalue weighted by atomic mass is 35.5. The van der Waals surface area contributed by atoms with Crippen LogP contribution in [0.4, 0.5) is 0 Å². The van der Waals surface area contributed by atoms with Gasteiger partial charge in [-0.1, -0.05) is 47.1 Å². The maximum absolute atomic E-state index is 12.0. The maximum Gasteiger partial charge on any atom is 0.250 e. The Bertz CT molecular complexity index is 1060. The standard InChI is InChI=1S/C19H18Cl2N6OS/c1-11-8-12(2)24-19(23-11)29-10-17(28)25-22-9-14-13(3)26-27(18(14)21)16-7-5-4-6-15(16)20/h4-9H,10H2,1-3H3,(H,25,28)/b22-9+. The number of nitrogens with one attached hydrogen (secondary N) is 1. The van der Waals surface area contributed by atoms with Gasteiger partial charge in [-0.05, 0) is 39.0 Å². The Morgan fingerprint density at radius 2 is 1.90 bits per heavy atom. The zero-order valence-corrected chi connectivity index (χ0v) is 18.3. The first-order valence-electron chi connectivity index (χ1n) is 8.62. The molecule has 29 heavy (non-hydrogen) atoms. The second-order valence-corrected chi connectivity index (χ2v) is 7.88. The number of nitrogens with zero attached hydrogens (tertiary/aromatic N) is 5. The van der Waals surface area contributed by atoms with Crippen molar-refractivity contribution in [1.29, 1.82) is 0 Å². The van der Waals surface area contributed by atoms with Crippen molar-refractivity contribution >= 4 is 47.1 Å². The lowest BCUT2D eigenvalue weighted by molar-refractivity contribution is -0.118. The van der Waals surface area contributed by atoms with Crippen molar-refractivity contribution in [3.63, 3.8) is 0 Å². The van der Waals surface area contributed by atoms with E-state index in [0.717, 1.165) is 11.4 Å². The molecule has 0 aliphatic heterocycles. The number of thioether (sulfide) groups is 1. The molecule has 2 aromatic heterocycles. The summed E-state index contributed by atoms with van der Waals surface area (Å²) in [5, 5.41) is 9.84. The van der Waals surface area contributed by atoms with Crippen molar-refractivity contribution in [1.82, 2.24) is 25.2 Å². The van der Waals surface area contributed by atoms with Crippen LogP contribution in [-0.4, -0.2) is 37.6 Å². The van der Waals surface area contributed by atoms with E-state index in [9.17, 15) is 4.79 Å². The van der Waals surface area contributed by atoms with E-state index in [1.165, 1.54) is 22.7 Å². The number of carbonyl (C=O) groups excluding carboxylic acids is 1. The largest absolute Gasteiger partial charge is 0.272 e. The minimum absolute atomic E-state index is 0.145. The van der Waals surface area contributed by atoms with Crippen LogP contribution in [-0.2, 0) is 4.79 Å². The highest BCUT2D eigenvalue weighted by Gasteiger charge is 2.15. The molecule has 10 heteroatoms. The predicted molar refractivity (Wildman–Crippen MR) is 116 cm³/mol. The number of hydrogen-bond acceptors (Lipinski definition) is 6. The fourth-order valence-corrected chi connectivity index (χ4v) is 3.80. The third-order valence-electron chi connectivity index (χ3n) is 3.81. The molecule has 0 saturated heterocycles. The number of para-hydroxylation sites is 1. The van der Waals surface area contributed by atoms with E-state index in [2.05, 4.69) is 25.6 Å². The number of aryl methyl sites for hydroxylation is 3. The van der Waals surface area contributed by atoms with E-state index in [1.807, 2.05) is 38.1 Å². The summed E-state index contributed by atoms with van der Waals surface area (Å²) in [6.45, 7) is 5.58. The zero-order chi connectivity index (χ0) is 21.0. The number of hydrazone groups is 1. The van der Waals surface area contributed by atoms with Gasteiger partial charge in [-0.15, -0.1) is 0 Å². The molecule has 0 spiro atoms. The van der Waals surface area contributed by atoms with Gasteiger partial charge in [-0.3, -0.25) is 4.79 Å². The summed E-state index contributed by atoms with van der Waals surface area (Å²) in [4.78, 5) is 20.6. The summed E-state index contributed by atoms with van der Waals surface area (Å²) in [5.74, 6) is -0.132. The average molecular weight is 449 g/mol. The molecule has 0 radical (unpaired) electrons. The smallest absolute Gasteiger partial charge is 0.250 e. The first-order valence-corrected chi connectivity index (χ1v) is 10.4. The van der Waals surface area contributed by atoms with Crippen molar-refractivity contribution in [3.8, 4) is 5.69 Å². The molecule has 3 rings (SSSR count). The van der Waals surface area contributed by atoms with Crippen molar-refractivity contribution in [3.05, 3.63) is 63.2 Å². The third-order valence-corrected chi connectivity index (χ3v) is 5.34. The van der Waals surface area contributed by atoms with E-state index in [0.29, 0.717) is 32.3 Å². The molecule has 1 aromatic carbocycles. The first kappa shape index (κ1) is 21.3. The van der Waals surface area contributed by atoms with Crippen LogP contribution in [0.15, 0.2) is 40.6 Å².